The Kier molecular flexibility index (Phi) is 9.39. The Morgan fingerprint density at radius 3 is 2.21 bits per heavy atom. The van der Waals surface area contributed by atoms with Crippen molar-refractivity contribution in [3.8, 4) is 11.1 Å². The zero-order chi connectivity index (χ0) is 24.5. The molecular weight excluding hydrogens is 452 g/mol. The highest BCUT2D eigenvalue weighted by Gasteiger charge is 2.29. The lowest BCUT2D eigenvalue weighted by atomic mass is 9.98. The van der Waals surface area contributed by atoms with Crippen molar-refractivity contribution < 1.29 is 24.2 Å². The zero-order valence-electron chi connectivity index (χ0n) is 19.6. The fourth-order valence-electron chi connectivity index (χ4n) is 4.31. The molecule has 0 spiro atoms. The van der Waals surface area contributed by atoms with Crippen molar-refractivity contribution in [2.75, 3.05) is 25.2 Å². The highest BCUT2D eigenvalue weighted by Crippen LogP contribution is 2.44. The number of hydrogen-bond donors (Lipinski definition) is 3. The van der Waals surface area contributed by atoms with Crippen LogP contribution in [0.2, 0.25) is 0 Å². The number of hydrogen-bond acceptors (Lipinski definition) is 5. The molecule has 0 saturated carbocycles. The molecule has 2 amide bonds. The lowest BCUT2D eigenvalue weighted by molar-refractivity contribution is -0.142. The Balaban J connectivity index is 1.56. The summed E-state index contributed by atoms with van der Waals surface area (Å²) >= 11 is 1.53. The largest absolute Gasteiger partial charge is 0.480 e. The topological polar surface area (TPSA) is 105 Å². The molecule has 0 radical (unpaired) electrons. The molecule has 1 aliphatic rings. The minimum Gasteiger partial charge on any atom is -0.480 e. The third-order valence-corrected chi connectivity index (χ3v) is 6.71. The second-order valence-electron chi connectivity index (χ2n) is 8.37. The molecule has 2 aromatic carbocycles. The van der Waals surface area contributed by atoms with Gasteiger partial charge in [-0.3, -0.25) is 4.79 Å². The number of carbonyl (C=O) groups excluding carboxylic acids is 2. The molecule has 3 rings (SSSR count). The fraction of sp³-hybridized carbons (Fsp3) is 0.423. The van der Waals surface area contributed by atoms with E-state index in [1.54, 1.807) is 0 Å². The van der Waals surface area contributed by atoms with Crippen LogP contribution >= 0.6 is 11.8 Å². The standard InChI is InChI=1S/C26H32N2O5S/c1-3-8-17(24(29)28-23(25(30)31)13-14-34-2)15-27-26(32)33-16-22-20-11-6-4-9-18(20)19-10-5-7-12-21(19)22/h4-7,9-12,17,22-23H,3,8,13-16H2,1-2H3,(H,27,32)(H,28,29)(H,30,31)/t17?,23-/m0/s1. The maximum absolute atomic E-state index is 12.7. The van der Waals surface area contributed by atoms with Crippen molar-refractivity contribution in [1.82, 2.24) is 10.6 Å². The number of carboxylic acids is 1. The first-order chi connectivity index (χ1) is 16.5. The second kappa shape index (κ2) is 12.5. The molecule has 34 heavy (non-hydrogen) atoms. The van der Waals surface area contributed by atoms with E-state index < -0.39 is 24.0 Å². The average Bonchev–Trinajstić information content (AvgIpc) is 3.16. The molecule has 0 saturated heterocycles. The smallest absolute Gasteiger partial charge is 0.407 e. The molecule has 7 nitrogen and oxygen atoms in total. The van der Waals surface area contributed by atoms with Crippen LogP contribution < -0.4 is 10.6 Å². The number of carbonyl (C=O) groups is 3. The number of fused-ring (bicyclic) bond motifs is 3. The number of alkyl carbamates (subject to hydrolysis) is 1. The van der Waals surface area contributed by atoms with Gasteiger partial charge in [-0.05, 0) is 47.1 Å². The lowest BCUT2D eigenvalue weighted by Crippen LogP contribution is -2.46. The molecule has 8 heteroatoms. The molecule has 0 heterocycles. The Morgan fingerprint density at radius 1 is 1.03 bits per heavy atom. The van der Waals surface area contributed by atoms with Gasteiger partial charge in [0.2, 0.25) is 5.91 Å². The van der Waals surface area contributed by atoms with E-state index in [1.165, 1.54) is 11.8 Å². The molecule has 182 valence electrons. The maximum Gasteiger partial charge on any atom is 0.407 e. The van der Waals surface area contributed by atoms with E-state index in [1.807, 2.05) is 37.4 Å². The third-order valence-electron chi connectivity index (χ3n) is 6.07. The van der Waals surface area contributed by atoms with Crippen molar-refractivity contribution in [2.24, 2.45) is 5.92 Å². The van der Waals surface area contributed by atoms with Crippen molar-refractivity contribution in [1.29, 1.82) is 0 Å². The normalized spacial score (nSPS) is 13.9. The summed E-state index contributed by atoms with van der Waals surface area (Å²) in [6, 6.07) is 15.3. The van der Waals surface area contributed by atoms with Crippen LogP contribution in [0.3, 0.4) is 0 Å². The summed E-state index contributed by atoms with van der Waals surface area (Å²) in [5.41, 5.74) is 4.57. The van der Waals surface area contributed by atoms with E-state index in [2.05, 4.69) is 34.9 Å². The molecule has 0 aromatic heterocycles. The predicted molar refractivity (Wildman–Crippen MR) is 134 cm³/mol. The molecule has 0 aliphatic heterocycles. The van der Waals surface area contributed by atoms with Gasteiger partial charge >= 0.3 is 12.1 Å². The van der Waals surface area contributed by atoms with Crippen LogP contribution in [-0.4, -0.2) is 54.3 Å². The van der Waals surface area contributed by atoms with E-state index in [9.17, 15) is 19.5 Å². The van der Waals surface area contributed by atoms with Gasteiger partial charge < -0.3 is 20.5 Å². The van der Waals surface area contributed by atoms with Crippen LogP contribution in [0.25, 0.3) is 11.1 Å². The highest BCUT2D eigenvalue weighted by atomic mass is 32.2. The summed E-state index contributed by atoms with van der Waals surface area (Å²) in [5, 5.41) is 14.7. The average molecular weight is 485 g/mol. The summed E-state index contributed by atoms with van der Waals surface area (Å²) in [6.07, 6.45) is 2.91. The van der Waals surface area contributed by atoms with Crippen molar-refractivity contribution in [3.63, 3.8) is 0 Å². The number of benzene rings is 2. The van der Waals surface area contributed by atoms with Gasteiger partial charge in [0, 0.05) is 12.5 Å². The van der Waals surface area contributed by atoms with E-state index in [4.69, 9.17) is 4.74 Å². The first kappa shape index (κ1) is 25.6. The molecule has 2 aromatic rings. The number of ether oxygens (including phenoxy) is 1. The van der Waals surface area contributed by atoms with Gasteiger partial charge in [0.05, 0.1) is 5.92 Å². The number of rotatable bonds is 12. The summed E-state index contributed by atoms with van der Waals surface area (Å²) in [5.74, 6) is -1.35. The summed E-state index contributed by atoms with van der Waals surface area (Å²) < 4.78 is 5.54. The Labute approximate surface area is 204 Å². The third kappa shape index (κ3) is 6.32. The Bertz CT molecular complexity index is 967. The molecule has 2 atom stereocenters. The lowest BCUT2D eigenvalue weighted by Gasteiger charge is -2.20. The van der Waals surface area contributed by atoms with Crippen LogP contribution in [0.4, 0.5) is 4.79 Å². The maximum atomic E-state index is 12.7. The van der Waals surface area contributed by atoms with E-state index in [-0.39, 0.29) is 25.0 Å². The number of carboxylic acid groups (broad SMARTS) is 1. The summed E-state index contributed by atoms with van der Waals surface area (Å²) in [4.78, 5) is 36.6. The monoisotopic (exact) mass is 484 g/mol. The molecule has 0 fully saturated rings. The van der Waals surface area contributed by atoms with Crippen LogP contribution in [0.15, 0.2) is 48.5 Å². The van der Waals surface area contributed by atoms with Gasteiger partial charge in [-0.25, -0.2) is 9.59 Å². The van der Waals surface area contributed by atoms with Gasteiger partial charge in [0.25, 0.3) is 0 Å². The van der Waals surface area contributed by atoms with Crippen molar-refractivity contribution in [2.45, 2.75) is 38.1 Å². The zero-order valence-corrected chi connectivity index (χ0v) is 20.4. The second-order valence-corrected chi connectivity index (χ2v) is 9.36. The molecule has 1 unspecified atom stereocenters. The molecule has 1 aliphatic carbocycles. The van der Waals surface area contributed by atoms with Crippen LogP contribution in [-0.2, 0) is 14.3 Å². The number of amides is 2. The quantitative estimate of drug-likeness (QED) is 0.416. The van der Waals surface area contributed by atoms with Gasteiger partial charge in [0.15, 0.2) is 0 Å². The van der Waals surface area contributed by atoms with Crippen LogP contribution in [0.1, 0.15) is 43.2 Å². The number of aliphatic carboxylic acids is 1. The Hall–Kier alpha value is -3.00. The highest BCUT2D eigenvalue weighted by molar-refractivity contribution is 7.98. The molecule has 0 bridgehead atoms. The summed E-state index contributed by atoms with van der Waals surface area (Å²) in [6.45, 7) is 2.22. The SMILES string of the molecule is CCCC(CNC(=O)OCC1c2ccccc2-c2ccccc21)C(=O)N[C@@H](CCSC)C(=O)O. The van der Waals surface area contributed by atoms with Gasteiger partial charge in [-0.1, -0.05) is 61.9 Å². The van der Waals surface area contributed by atoms with E-state index in [0.29, 0.717) is 18.6 Å². The van der Waals surface area contributed by atoms with E-state index in [0.717, 1.165) is 28.7 Å². The minimum atomic E-state index is -1.05. The van der Waals surface area contributed by atoms with Crippen molar-refractivity contribution >= 4 is 29.7 Å². The molecule has 3 N–H and O–H groups in total. The van der Waals surface area contributed by atoms with Gasteiger partial charge in [0.1, 0.15) is 12.6 Å². The fourth-order valence-corrected chi connectivity index (χ4v) is 4.78. The number of nitrogens with one attached hydrogen (secondary N) is 2. The molecular formula is C26H32N2O5S. The summed E-state index contributed by atoms with van der Waals surface area (Å²) in [7, 11) is 0. The van der Waals surface area contributed by atoms with E-state index >= 15 is 0 Å². The van der Waals surface area contributed by atoms with Gasteiger partial charge in [-0.15, -0.1) is 0 Å². The van der Waals surface area contributed by atoms with Gasteiger partial charge in [-0.2, -0.15) is 11.8 Å². The first-order valence-electron chi connectivity index (χ1n) is 11.6. The predicted octanol–water partition coefficient (Wildman–Crippen LogP) is 4.26. The van der Waals surface area contributed by atoms with Crippen LogP contribution in [0, 0.1) is 5.92 Å². The van der Waals surface area contributed by atoms with Crippen LogP contribution in [0.5, 0.6) is 0 Å². The minimum absolute atomic E-state index is 0.0411. The number of thioether (sulfide) groups is 1. The van der Waals surface area contributed by atoms with Crippen molar-refractivity contribution in [3.05, 3.63) is 59.7 Å². The Morgan fingerprint density at radius 2 is 1.65 bits per heavy atom. The first-order valence-corrected chi connectivity index (χ1v) is 13.0.